The maximum atomic E-state index is 12.6. The minimum Gasteiger partial charge on any atom is -0.325 e. The van der Waals surface area contributed by atoms with Crippen LogP contribution < -0.4 is 10.0 Å². The van der Waals surface area contributed by atoms with Crippen LogP contribution in [0.1, 0.15) is 12.5 Å². The second kappa shape index (κ2) is 7.49. The van der Waals surface area contributed by atoms with Crippen molar-refractivity contribution >= 4 is 49.3 Å². The van der Waals surface area contributed by atoms with Gasteiger partial charge < -0.3 is 5.32 Å². The Morgan fingerprint density at radius 2 is 1.96 bits per heavy atom. The van der Waals surface area contributed by atoms with E-state index >= 15 is 0 Å². The van der Waals surface area contributed by atoms with E-state index in [-0.39, 0.29) is 23.3 Å². The van der Waals surface area contributed by atoms with E-state index in [1.165, 1.54) is 6.07 Å². The minimum atomic E-state index is -3.67. The van der Waals surface area contributed by atoms with E-state index in [1.807, 2.05) is 31.2 Å². The third-order valence-corrected chi connectivity index (χ3v) is 7.10. The molecule has 8 heteroatoms. The van der Waals surface area contributed by atoms with Crippen LogP contribution in [0.4, 0.5) is 5.69 Å². The average molecular weight is 441 g/mol. The number of carbonyl (C=O) groups is 1. The number of amides is 1. The normalized spacial score (nSPS) is 17.5. The number of halogens is 1. The molecule has 3 rings (SSSR count). The van der Waals surface area contributed by atoms with Gasteiger partial charge in [-0.3, -0.25) is 4.79 Å². The molecule has 2 aromatic rings. The van der Waals surface area contributed by atoms with Crippen molar-refractivity contribution in [1.82, 2.24) is 4.72 Å². The monoisotopic (exact) mass is 440 g/mol. The average Bonchev–Trinajstić information content (AvgIpc) is 2.73. The summed E-state index contributed by atoms with van der Waals surface area (Å²) in [4.78, 5) is 13.0. The van der Waals surface area contributed by atoms with Gasteiger partial charge in [-0.1, -0.05) is 35.0 Å². The summed E-state index contributed by atoms with van der Waals surface area (Å²) in [6.45, 7) is 2.05. The second-order valence-corrected chi connectivity index (χ2v) is 9.55. The van der Waals surface area contributed by atoms with Crippen LogP contribution in [0.5, 0.6) is 0 Å². The van der Waals surface area contributed by atoms with Gasteiger partial charge in [-0.05, 0) is 35.9 Å². The molecule has 0 saturated carbocycles. The molecule has 2 aromatic carbocycles. The lowest BCUT2D eigenvalue weighted by Gasteiger charge is -2.11. The highest BCUT2D eigenvalue weighted by Gasteiger charge is 2.22. The number of benzene rings is 2. The van der Waals surface area contributed by atoms with Gasteiger partial charge in [-0.2, -0.15) is 0 Å². The Morgan fingerprint density at radius 1 is 1.24 bits per heavy atom. The molecule has 0 saturated heterocycles. The molecular weight excluding hydrogens is 424 g/mol. The predicted molar refractivity (Wildman–Crippen MR) is 103 cm³/mol. The fourth-order valence-corrected chi connectivity index (χ4v) is 4.63. The van der Waals surface area contributed by atoms with E-state index in [0.717, 1.165) is 14.9 Å². The zero-order valence-corrected chi connectivity index (χ0v) is 16.7. The van der Waals surface area contributed by atoms with Gasteiger partial charge in [0.05, 0.1) is 10.6 Å². The van der Waals surface area contributed by atoms with E-state index in [2.05, 4.69) is 26.0 Å². The molecule has 1 aliphatic rings. The maximum absolute atomic E-state index is 12.6. The van der Waals surface area contributed by atoms with Gasteiger partial charge in [0.1, 0.15) is 0 Å². The summed E-state index contributed by atoms with van der Waals surface area (Å²) in [5.41, 5.74) is 1.41. The molecule has 0 bridgehead atoms. The number of nitrogens with one attached hydrogen (secondary N) is 2. The van der Waals surface area contributed by atoms with Crippen molar-refractivity contribution < 1.29 is 13.2 Å². The maximum Gasteiger partial charge on any atom is 0.240 e. The van der Waals surface area contributed by atoms with Crippen molar-refractivity contribution in [3.05, 3.63) is 52.5 Å². The Kier molecular flexibility index (Phi) is 5.52. The molecule has 0 spiro atoms. The fourth-order valence-electron chi connectivity index (χ4n) is 2.31. The number of hydrogen-bond donors (Lipinski definition) is 2. The Morgan fingerprint density at radius 3 is 2.68 bits per heavy atom. The van der Waals surface area contributed by atoms with Crippen LogP contribution in [-0.2, 0) is 21.4 Å². The molecule has 1 amide bonds. The molecule has 0 aromatic heterocycles. The number of fused-ring (bicyclic) bond motifs is 1. The second-order valence-electron chi connectivity index (χ2n) is 5.81. The summed E-state index contributed by atoms with van der Waals surface area (Å²) in [6.07, 6.45) is 0. The molecule has 1 heterocycles. The summed E-state index contributed by atoms with van der Waals surface area (Å²) in [7, 11) is -3.67. The van der Waals surface area contributed by atoms with E-state index in [0.29, 0.717) is 11.4 Å². The number of rotatable bonds is 4. The lowest BCUT2D eigenvalue weighted by atomic mass is 10.2. The van der Waals surface area contributed by atoms with E-state index in [9.17, 15) is 13.2 Å². The Balaban J connectivity index is 1.79. The number of thioether (sulfide) groups is 1. The van der Waals surface area contributed by atoms with Gasteiger partial charge in [-0.25, -0.2) is 13.1 Å². The summed E-state index contributed by atoms with van der Waals surface area (Å²) >= 11 is 4.90. The first-order chi connectivity index (χ1) is 11.8. The number of hydrogen-bond acceptors (Lipinski definition) is 4. The lowest BCUT2D eigenvalue weighted by molar-refractivity contribution is -0.118. The molecule has 5 nitrogen and oxygen atoms in total. The third kappa shape index (κ3) is 4.44. The molecular formula is C17H17BrN2O3S2. The van der Waals surface area contributed by atoms with Crippen molar-refractivity contribution in [3.63, 3.8) is 0 Å². The number of carbonyl (C=O) groups excluding carboxylic acids is 1. The standard InChI is InChI=1S/C17H17BrN2O3S2/c1-11-10-24-16-7-6-14(8-15(16)20-17(11)21)25(22,23)19-9-12-2-4-13(18)5-3-12/h2-8,11,19H,9-10H2,1H3,(H,20,21). The van der Waals surface area contributed by atoms with Gasteiger partial charge in [0.2, 0.25) is 15.9 Å². The summed E-state index contributed by atoms with van der Waals surface area (Å²) in [5.74, 6) is 0.462. The van der Waals surface area contributed by atoms with Gasteiger partial charge in [0, 0.05) is 27.6 Å². The van der Waals surface area contributed by atoms with Crippen LogP contribution in [-0.4, -0.2) is 20.1 Å². The summed E-state index contributed by atoms with van der Waals surface area (Å²) in [6, 6.07) is 12.2. The molecule has 0 radical (unpaired) electrons. The zero-order valence-electron chi connectivity index (χ0n) is 13.5. The molecule has 1 aliphatic heterocycles. The van der Waals surface area contributed by atoms with Crippen molar-refractivity contribution in [2.45, 2.75) is 23.3 Å². The van der Waals surface area contributed by atoms with Crippen LogP contribution in [0.25, 0.3) is 0 Å². The topological polar surface area (TPSA) is 75.3 Å². The first kappa shape index (κ1) is 18.4. The quantitative estimate of drug-likeness (QED) is 0.760. The molecule has 2 N–H and O–H groups in total. The van der Waals surface area contributed by atoms with Crippen LogP contribution in [0.3, 0.4) is 0 Å². The third-order valence-electron chi connectivity index (χ3n) is 3.84. The van der Waals surface area contributed by atoms with Crippen LogP contribution in [0, 0.1) is 5.92 Å². The van der Waals surface area contributed by atoms with E-state index in [1.54, 1.807) is 23.9 Å². The predicted octanol–water partition coefficient (Wildman–Crippen LogP) is 3.61. The van der Waals surface area contributed by atoms with Gasteiger partial charge in [0.15, 0.2) is 0 Å². The van der Waals surface area contributed by atoms with Crippen molar-refractivity contribution in [1.29, 1.82) is 0 Å². The zero-order chi connectivity index (χ0) is 18.0. The Hall–Kier alpha value is -1.35. The van der Waals surface area contributed by atoms with Gasteiger partial charge in [0.25, 0.3) is 0 Å². The highest BCUT2D eigenvalue weighted by molar-refractivity contribution is 9.10. The first-order valence-electron chi connectivity index (χ1n) is 7.67. The van der Waals surface area contributed by atoms with Crippen LogP contribution in [0.2, 0.25) is 0 Å². The number of anilines is 1. The molecule has 1 unspecified atom stereocenters. The summed E-state index contributed by atoms with van der Waals surface area (Å²) in [5, 5.41) is 2.81. The summed E-state index contributed by atoms with van der Waals surface area (Å²) < 4.78 is 28.6. The van der Waals surface area contributed by atoms with Crippen molar-refractivity contribution in [2.75, 3.05) is 11.1 Å². The fraction of sp³-hybridized carbons (Fsp3) is 0.235. The largest absolute Gasteiger partial charge is 0.325 e. The SMILES string of the molecule is CC1CSc2ccc(S(=O)(=O)NCc3ccc(Br)cc3)cc2NC1=O. The van der Waals surface area contributed by atoms with Gasteiger partial charge >= 0.3 is 0 Å². The Bertz CT molecular complexity index is 899. The molecule has 0 fully saturated rings. The van der Waals surface area contributed by atoms with E-state index in [4.69, 9.17) is 0 Å². The van der Waals surface area contributed by atoms with E-state index < -0.39 is 10.0 Å². The smallest absolute Gasteiger partial charge is 0.240 e. The lowest BCUT2D eigenvalue weighted by Crippen LogP contribution is -2.24. The molecule has 25 heavy (non-hydrogen) atoms. The first-order valence-corrected chi connectivity index (χ1v) is 10.9. The molecule has 132 valence electrons. The Labute approximate surface area is 159 Å². The van der Waals surface area contributed by atoms with Crippen LogP contribution >= 0.6 is 27.7 Å². The highest BCUT2D eigenvalue weighted by Crippen LogP contribution is 2.34. The highest BCUT2D eigenvalue weighted by atomic mass is 79.9. The molecule has 1 atom stereocenters. The number of sulfonamides is 1. The van der Waals surface area contributed by atoms with Crippen molar-refractivity contribution in [2.24, 2.45) is 5.92 Å². The minimum absolute atomic E-state index is 0.0939. The van der Waals surface area contributed by atoms with Crippen molar-refractivity contribution in [3.8, 4) is 0 Å². The molecule has 0 aliphatic carbocycles. The van der Waals surface area contributed by atoms with Gasteiger partial charge in [-0.15, -0.1) is 11.8 Å². The van der Waals surface area contributed by atoms with Crippen LogP contribution in [0.15, 0.2) is 56.7 Å².